The zero-order valence-electron chi connectivity index (χ0n) is 18.5. The number of halogens is 1. The van der Waals surface area contributed by atoms with Crippen molar-refractivity contribution in [1.29, 1.82) is 0 Å². The molecule has 3 heterocycles. The second kappa shape index (κ2) is 8.58. The van der Waals surface area contributed by atoms with Crippen LogP contribution in [0.2, 0.25) is 5.02 Å². The van der Waals surface area contributed by atoms with Crippen LogP contribution in [0.25, 0.3) is 16.6 Å². The lowest BCUT2D eigenvalue weighted by Crippen LogP contribution is -2.53. The number of nitrogens with zero attached hydrogens (tertiary/aromatic N) is 6. The molecule has 0 spiro atoms. The Morgan fingerprint density at radius 1 is 1.03 bits per heavy atom. The number of nitrogens with one attached hydrogen (secondary N) is 1. The quantitative estimate of drug-likeness (QED) is 0.651. The number of rotatable bonds is 3. The van der Waals surface area contributed by atoms with Gasteiger partial charge in [0.25, 0.3) is 0 Å². The van der Waals surface area contributed by atoms with E-state index in [9.17, 15) is 4.79 Å². The minimum Gasteiger partial charge on any atom is -0.350 e. The molecule has 1 N–H and O–H groups in total. The van der Waals surface area contributed by atoms with Crippen molar-refractivity contribution < 1.29 is 4.79 Å². The van der Waals surface area contributed by atoms with E-state index in [4.69, 9.17) is 16.7 Å². The summed E-state index contributed by atoms with van der Waals surface area (Å²) in [7, 11) is 0. The first-order valence-electron chi connectivity index (χ1n) is 11.3. The number of aromatic nitrogens is 4. The predicted molar refractivity (Wildman–Crippen MR) is 126 cm³/mol. The fourth-order valence-electron chi connectivity index (χ4n) is 4.82. The van der Waals surface area contributed by atoms with Crippen LogP contribution in [0.15, 0.2) is 24.3 Å². The number of piperazine rings is 1. The standard InChI is InChI=1S/C23H28ClN7O/c1-15-20-16(2)31(19-9-7-17(24)8-10-19)28-21(20)22(27-26-15)29-11-13-30(14-12-29)23(32)25-18-5-3-4-6-18/h7-10,18H,3-6,11-14H2,1-2H3,(H,25,32). The van der Waals surface area contributed by atoms with Crippen LogP contribution in [0.3, 0.4) is 0 Å². The number of anilines is 1. The van der Waals surface area contributed by atoms with Gasteiger partial charge in [0, 0.05) is 37.2 Å². The highest BCUT2D eigenvalue weighted by molar-refractivity contribution is 6.30. The Hall–Kier alpha value is -2.87. The highest BCUT2D eigenvalue weighted by Crippen LogP contribution is 2.30. The average Bonchev–Trinajstić information content (AvgIpc) is 3.43. The summed E-state index contributed by atoms with van der Waals surface area (Å²) in [6.07, 6.45) is 4.61. The van der Waals surface area contributed by atoms with Gasteiger partial charge in [0.15, 0.2) is 5.82 Å². The first-order chi connectivity index (χ1) is 15.5. The minimum atomic E-state index is 0.0551. The van der Waals surface area contributed by atoms with Gasteiger partial charge in [-0.2, -0.15) is 10.2 Å². The predicted octanol–water partition coefficient (Wildman–Crippen LogP) is 3.86. The number of carbonyl (C=O) groups excluding carboxylic acids is 1. The Morgan fingerprint density at radius 2 is 1.72 bits per heavy atom. The summed E-state index contributed by atoms with van der Waals surface area (Å²) >= 11 is 6.06. The smallest absolute Gasteiger partial charge is 0.317 e. The van der Waals surface area contributed by atoms with Crippen molar-refractivity contribution in [3.63, 3.8) is 0 Å². The molecule has 2 fully saturated rings. The molecule has 168 valence electrons. The second-order valence-electron chi connectivity index (χ2n) is 8.71. The Balaban J connectivity index is 1.38. The molecular formula is C23H28ClN7O. The molecule has 0 bridgehead atoms. The lowest BCUT2D eigenvalue weighted by atomic mass is 10.2. The third kappa shape index (κ3) is 3.88. The number of hydrogen-bond acceptors (Lipinski definition) is 5. The van der Waals surface area contributed by atoms with Crippen molar-refractivity contribution in [3.8, 4) is 5.69 Å². The number of fused-ring (bicyclic) bond motifs is 1. The van der Waals surface area contributed by atoms with Crippen LogP contribution >= 0.6 is 11.6 Å². The number of aryl methyl sites for hydroxylation is 2. The Bertz CT molecular complexity index is 1130. The fourth-order valence-corrected chi connectivity index (χ4v) is 4.94. The van der Waals surface area contributed by atoms with E-state index >= 15 is 0 Å². The highest BCUT2D eigenvalue weighted by Gasteiger charge is 2.27. The molecule has 8 nitrogen and oxygen atoms in total. The van der Waals surface area contributed by atoms with Crippen LogP contribution in [-0.4, -0.2) is 63.1 Å². The second-order valence-corrected chi connectivity index (χ2v) is 9.15. The summed E-state index contributed by atoms with van der Waals surface area (Å²) < 4.78 is 1.92. The Labute approximate surface area is 192 Å². The molecule has 1 aromatic carbocycles. The summed E-state index contributed by atoms with van der Waals surface area (Å²) in [5, 5.41) is 18.7. The lowest BCUT2D eigenvalue weighted by Gasteiger charge is -2.35. The largest absolute Gasteiger partial charge is 0.350 e. The molecule has 9 heteroatoms. The van der Waals surface area contributed by atoms with Crippen molar-refractivity contribution in [2.24, 2.45) is 0 Å². The number of hydrogen-bond donors (Lipinski definition) is 1. The van der Waals surface area contributed by atoms with Gasteiger partial charge in [-0.25, -0.2) is 9.48 Å². The van der Waals surface area contributed by atoms with E-state index in [1.807, 2.05) is 47.7 Å². The van der Waals surface area contributed by atoms with Gasteiger partial charge in [-0.15, -0.1) is 5.10 Å². The van der Waals surface area contributed by atoms with Crippen molar-refractivity contribution in [2.45, 2.75) is 45.6 Å². The number of amides is 2. The first kappa shape index (κ1) is 21.0. The molecule has 32 heavy (non-hydrogen) atoms. The molecule has 3 aromatic rings. The zero-order valence-corrected chi connectivity index (χ0v) is 19.3. The van der Waals surface area contributed by atoms with E-state index in [0.29, 0.717) is 37.2 Å². The van der Waals surface area contributed by atoms with E-state index in [2.05, 4.69) is 20.4 Å². The number of carbonyl (C=O) groups is 1. The molecule has 2 aliphatic rings. The summed E-state index contributed by atoms with van der Waals surface area (Å²) in [5.74, 6) is 0.775. The van der Waals surface area contributed by atoms with Gasteiger partial charge in [0.2, 0.25) is 0 Å². The molecule has 0 radical (unpaired) electrons. The van der Waals surface area contributed by atoms with E-state index in [1.165, 1.54) is 12.8 Å². The normalized spacial score (nSPS) is 17.3. The van der Waals surface area contributed by atoms with E-state index in [0.717, 1.165) is 46.6 Å². The van der Waals surface area contributed by atoms with Crippen LogP contribution in [0, 0.1) is 13.8 Å². The summed E-state index contributed by atoms with van der Waals surface area (Å²) in [4.78, 5) is 16.7. The van der Waals surface area contributed by atoms with Gasteiger partial charge < -0.3 is 15.1 Å². The van der Waals surface area contributed by atoms with Crippen LogP contribution in [0.4, 0.5) is 10.6 Å². The highest BCUT2D eigenvalue weighted by atomic mass is 35.5. The van der Waals surface area contributed by atoms with Gasteiger partial charge in [-0.05, 0) is 51.0 Å². The molecule has 1 saturated heterocycles. The maximum absolute atomic E-state index is 12.6. The van der Waals surface area contributed by atoms with Crippen LogP contribution < -0.4 is 10.2 Å². The van der Waals surface area contributed by atoms with Gasteiger partial charge in [-0.3, -0.25) is 0 Å². The fraction of sp³-hybridized carbons (Fsp3) is 0.478. The van der Waals surface area contributed by atoms with E-state index in [-0.39, 0.29) is 6.03 Å². The molecule has 5 rings (SSSR count). The SMILES string of the molecule is Cc1nnc(N2CCN(C(=O)NC3CCCC3)CC2)c2nn(-c3ccc(Cl)cc3)c(C)c12. The van der Waals surface area contributed by atoms with E-state index in [1.54, 1.807) is 0 Å². The van der Waals surface area contributed by atoms with E-state index < -0.39 is 0 Å². The summed E-state index contributed by atoms with van der Waals surface area (Å²) in [5.41, 5.74) is 3.66. The molecule has 0 unspecified atom stereocenters. The molecule has 1 aliphatic heterocycles. The van der Waals surface area contributed by atoms with Gasteiger partial charge in [-0.1, -0.05) is 24.4 Å². The number of benzene rings is 1. The van der Waals surface area contributed by atoms with Crippen molar-refractivity contribution >= 4 is 34.4 Å². The van der Waals surface area contributed by atoms with Gasteiger partial charge in [0.05, 0.1) is 22.5 Å². The van der Waals surface area contributed by atoms with Crippen LogP contribution in [0.5, 0.6) is 0 Å². The van der Waals surface area contributed by atoms with Crippen molar-refractivity contribution in [2.75, 3.05) is 31.1 Å². The summed E-state index contributed by atoms with van der Waals surface area (Å²) in [6, 6.07) is 8.03. The minimum absolute atomic E-state index is 0.0551. The first-order valence-corrected chi connectivity index (χ1v) is 11.7. The maximum atomic E-state index is 12.6. The topological polar surface area (TPSA) is 79.2 Å². The lowest BCUT2D eigenvalue weighted by molar-refractivity contribution is 0.190. The Kier molecular flexibility index (Phi) is 5.63. The molecule has 0 atom stereocenters. The maximum Gasteiger partial charge on any atom is 0.317 e. The average molecular weight is 454 g/mol. The number of urea groups is 1. The van der Waals surface area contributed by atoms with Gasteiger partial charge in [0.1, 0.15) is 5.52 Å². The monoisotopic (exact) mass is 453 g/mol. The molecule has 1 aliphatic carbocycles. The third-order valence-corrected chi connectivity index (χ3v) is 6.86. The Morgan fingerprint density at radius 3 is 2.41 bits per heavy atom. The molecular weight excluding hydrogens is 426 g/mol. The molecule has 2 amide bonds. The third-order valence-electron chi connectivity index (χ3n) is 6.61. The van der Waals surface area contributed by atoms with Crippen molar-refractivity contribution in [3.05, 3.63) is 40.7 Å². The van der Waals surface area contributed by atoms with Crippen LogP contribution in [-0.2, 0) is 0 Å². The molecule has 1 saturated carbocycles. The molecule has 2 aromatic heterocycles. The summed E-state index contributed by atoms with van der Waals surface area (Å²) in [6.45, 7) is 6.74. The van der Waals surface area contributed by atoms with Crippen molar-refractivity contribution in [1.82, 2.24) is 30.2 Å². The zero-order chi connectivity index (χ0) is 22.2. The van der Waals surface area contributed by atoms with Crippen LogP contribution in [0.1, 0.15) is 37.1 Å². The van der Waals surface area contributed by atoms with Gasteiger partial charge >= 0.3 is 6.03 Å².